The third-order valence-corrected chi connectivity index (χ3v) is 3.12. The lowest BCUT2D eigenvalue weighted by atomic mass is 10.1. The van der Waals surface area contributed by atoms with Crippen molar-refractivity contribution in [3.05, 3.63) is 12.2 Å². The molecule has 0 spiro atoms. The first kappa shape index (κ1) is 8.81. The number of hydrogen-bond acceptors (Lipinski definition) is 3. The molecule has 0 radical (unpaired) electrons. The Morgan fingerprint density at radius 3 is 3.31 bits per heavy atom. The number of fused-ring (bicyclic) bond motifs is 1. The molecule has 1 unspecified atom stereocenters. The van der Waals surface area contributed by atoms with E-state index in [2.05, 4.69) is 4.99 Å². The number of carbonyl (C=O) groups is 1. The summed E-state index contributed by atoms with van der Waals surface area (Å²) in [5, 5.41) is 0.916. The molecular weight excluding hydrogens is 184 g/mol. The van der Waals surface area contributed by atoms with Crippen LogP contribution in [0.15, 0.2) is 17.1 Å². The first-order chi connectivity index (χ1) is 6.31. The quantitative estimate of drug-likeness (QED) is 0.592. The Bertz CT molecular complexity index is 285. The number of hydrogen-bond donors (Lipinski definition) is 0. The third-order valence-electron chi connectivity index (χ3n) is 2.15. The molecule has 1 amide bonds. The van der Waals surface area contributed by atoms with Gasteiger partial charge in [-0.2, -0.15) is 0 Å². The van der Waals surface area contributed by atoms with Crippen LogP contribution in [0.5, 0.6) is 0 Å². The van der Waals surface area contributed by atoms with Crippen molar-refractivity contribution in [2.45, 2.75) is 19.4 Å². The molecule has 0 aromatic carbocycles. The summed E-state index contributed by atoms with van der Waals surface area (Å²) in [6, 6.07) is 0.0781. The number of aliphatic imine (C=N–C) groups is 1. The molecule has 0 aromatic heterocycles. The predicted octanol–water partition coefficient (Wildman–Crippen LogP) is 1.27. The molecule has 1 fully saturated rings. The molecule has 1 saturated heterocycles. The normalized spacial score (nSPS) is 28.1. The van der Waals surface area contributed by atoms with E-state index in [1.807, 2.05) is 19.1 Å². The maximum Gasteiger partial charge on any atom is 0.231 e. The molecule has 0 N–H and O–H groups in total. The van der Waals surface area contributed by atoms with Crippen LogP contribution < -0.4 is 0 Å². The number of amidine groups is 1. The Kier molecular flexibility index (Phi) is 2.40. The standard InChI is InChI=1S/C9H12N2OS/c1-2-3-7-6-8(12)11-4-5-13-9(11)10-7/h2-3,7H,4-6H2,1H3/b3-2+. The van der Waals surface area contributed by atoms with Gasteiger partial charge in [-0.1, -0.05) is 23.9 Å². The van der Waals surface area contributed by atoms with Gasteiger partial charge in [0.15, 0.2) is 5.17 Å². The molecule has 0 saturated carbocycles. The Hall–Kier alpha value is -0.770. The predicted molar refractivity (Wildman–Crippen MR) is 54.8 cm³/mol. The van der Waals surface area contributed by atoms with Gasteiger partial charge < -0.3 is 0 Å². The van der Waals surface area contributed by atoms with Crippen LogP contribution >= 0.6 is 11.8 Å². The van der Waals surface area contributed by atoms with Crippen molar-refractivity contribution in [1.82, 2.24) is 4.90 Å². The van der Waals surface area contributed by atoms with E-state index in [9.17, 15) is 4.79 Å². The molecule has 2 aliphatic rings. The number of amides is 1. The van der Waals surface area contributed by atoms with Crippen molar-refractivity contribution in [3.8, 4) is 0 Å². The van der Waals surface area contributed by atoms with Gasteiger partial charge in [-0.3, -0.25) is 14.7 Å². The summed E-state index contributed by atoms with van der Waals surface area (Å²) < 4.78 is 0. The molecule has 2 rings (SSSR count). The van der Waals surface area contributed by atoms with Gasteiger partial charge in [0.25, 0.3) is 0 Å². The van der Waals surface area contributed by atoms with Gasteiger partial charge >= 0.3 is 0 Å². The van der Waals surface area contributed by atoms with Crippen molar-refractivity contribution in [3.63, 3.8) is 0 Å². The van der Waals surface area contributed by atoms with Gasteiger partial charge in [0.1, 0.15) is 0 Å². The fourth-order valence-corrected chi connectivity index (χ4v) is 2.57. The van der Waals surface area contributed by atoms with E-state index in [4.69, 9.17) is 0 Å². The SMILES string of the molecule is C/C=C/C1CC(=O)N2CCSC2=N1. The zero-order valence-corrected chi connectivity index (χ0v) is 8.38. The van der Waals surface area contributed by atoms with Crippen LogP contribution in [0.25, 0.3) is 0 Å². The minimum Gasteiger partial charge on any atom is -0.291 e. The molecular formula is C9H12N2OS. The molecule has 70 valence electrons. The second kappa shape index (κ2) is 3.54. The van der Waals surface area contributed by atoms with Gasteiger partial charge in [0, 0.05) is 12.3 Å². The van der Waals surface area contributed by atoms with Crippen molar-refractivity contribution in [2.75, 3.05) is 12.3 Å². The lowest BCUT2D eigenvalue weighted by molar-refractivity contribution is -0.127. The van der Waals surface area contributed by atoms with Gasteiger partial charge in [0.2, 0.25) is 5.91 Å². The topological polar surface area (TPSA) is 32.7 Å². The molecule has 2 heterocycles. The van der Waals surface area contributed by atoms with E-state index in [1.165, 1.54) is 0 Å². The van der Waals surface area contributed by atoms with Crippen LogP contribution in [0, 0.1) is 0 Å². The summed E-state index contributed by atoms with van der Waals surface area (Å²) in [5.74, 6) is 1.21. The average molecular weight is 196 g/mol. The number of allylic oxidation sites excluding steroid dienone is 1. The highest BCUT2D eigenvalue weighted by molar-refractivity contribution is 8.14. The number of carbonyl (C=O) groups excluding carboxylic acids is 1. The van der Waals surface area contributed by atoms with Crippen molar-refractivity contribution >= 4 is 22.8 Å². The number of thioether (sulfide) groups is 1. The summed E-state index contributed by atoms with van der Waals surface area (Å²) in [4.78, 5) is 17.8. The zero-order chi connectivity index (χ0) is 9.26. The summed E-state index contributed by atoms with van der Waals surface area (Å²) in [6.07, 6.45) is 4.48. The van der Waals surface area contributed by atoms with E-state index >= 15 is 0 Å². The Labute approximate surface area is 81.9 Å². The van der Waals surface area contributed by atoms with Gasteiger partial charge in [-0.25, -0.2) is 0 Å². The second-order valence-electron chi connectivity index (χ2n) is 3.10. The minimum absolute atomic E-state index is 0.0781. The summed E-state index contributed by atoms with van der Waals surface area (Å²) >= 11 is 1.68. The molecule has 1 atom stereocenters. The molecule has 4 heteroatoms. The van der Waals surface area contributed by atoms with Crippen LogP contribution in [0.4, 0.5) is 0 Å². The number of nitrogens with zero attached hydrogens (tertiary/aromatic N) is 2. The van der Waals surface area contributed by atoms with Gasteiger partial charge in [-0.15, -0.1) is 0 Å². The smallest absolute Gasteiger partial charge is 0.231 e. The van der Waals surface area contributed by atoms with Crippen LogP contribution in [-0.2, 0) is 4.79 Å². The Morgan fingerprint density at radius 2 is 2.54 bits per heavy atom. The Balaban J connectivity index is 2.21. The van der Waals surface area contributed by atoms with E-state index in [-0.39, 0.29) is 11.9 Å². The fraction of sp³-hybridized carbons (Fsp3) is 0.556. The maximum absolute atomic E-state index is 11.6. The van der Waals surface area contributed by atoms with Gasteiger partial charge in [0.05, 0.1) is 12.5 Å². The first-order valence-electron chi connectivity index (χ1n) is 4.45. The average Bonchev–Trinajstić information content (AvgIpc) is 2.53. The highest BCUT2D eigenvalue weighted by Crippen LogP contribution is 2.24. The fourth-order valence-electron chi connectivity index (χ4n) is 1.55. The molecule has 0 aliphatic carbocycles. The molecule has 3 nitrogen and oxygen atoms in total. The van der Waals surface area contributed by atoms with Crippen LogP contribution in [-0.4, -0.2) is 34.3 Å². The monoisotopic (exact) mass is 196 g/mol. The highest BCUT2D eigenvalue weighted by Gasteiger charge is 2.31. The number of rotatable bonds is 1. The molecule has 0 bridgehead atoms. The molecule has 2 aliphatic heterocycles. The van der Waals surface area contributed by atoms with Gasteiger partial charge in [-0.05, 0) is 6.92 Å². The van der Waals surface area contributed by atoms with E-state index in [1.54, 1.807) is 16.7 Å². The maximum atomic E-state index is 11.6. The van der Waals surface area contributed by atoms with E-state index in [0.29, 0.717) is 6.42 Å². The second-order valence-corrected chi connectivity index (χ2v) is 4.16. The van der Waals surface area contributed by atoms with Crippen LogP contribution in [0.3, 0.4) is 0 Å². The van der Waals surface area contributed by atoms with Crippen LogP contribution in [0.2, 0.25) is 0 Å². The molecule has 13 heavy (non-hydrogen) atoms. The zero-order valence-electron chi connectivity index (χ0n) is 7.56. The third kappa shape index (κ3) is 1.63. The summed E-state index contributed by atoms with van der Waals surface area (Å²) in [7, 11) is 0. The minimum atomic E-state index is 0.0781. The highest BCUT2D eigenvalue weighted by atomic mass is 32.2. The largest absolute Gasteiger partial charge is 0.291 e. The lowest BCUT2D eigenvalue weighted by Gasteiger charge is -2.23. The van der Waals surface area contributed by atoms with E-state index < -0.39 is 0 Å². The molecule has 0 aromatic rings. The summed E-state index contributed by atoms with van der Waals surface area (Å²) in [6.45, 7) is 2.80. The van der Waals surface area contributed by atoms with Crippen molar-refractivity contribution in [1.29, 1.82) is 0 Å². The Morgan fingerprint density at radius 1 is 1.69 bits per heavy atom. The summed E-state index contributed by atoms with van der Waals surface area (Å²) in [5.41, 5.74) is 0. The first-order valence-corrected chi connectivity index (χ1v) is 5.43. The van der Waals surface area contributed by atoms with Crippen molar-refractivity contribution < 1.29 is 4.79 Å². The van der Waals surface area contributed by atoms with Crippen LogP contribution in [0.1, 0.15) is 13.3 Å². The van der Waals surface area contributed by atoms with E-state index in [0.717, 1.165) is 17.5 Å². The van der Waals surface area contributed by atoms with Crippen molar-refractivity contribution in [2.24, 2.45) is 4.99 Å². The lowest BCUT2D eigenvalue weighted by Crippen LogP contribution is -2.38.